The molecule has 0 heterocycles. The standard InChI is InChI=1S/C60H97O11P/c1-4-7-10-13-16-19-21-23-25-27-28-30-31-33-35-38-40-43-46-49-58(62)67-53-57(71-60(64)51-48-45-42-39-36-34-32-29-26-24-22-20-17-14-11-8-5-2)55-69-72(65,66)68-54-56(52-61)70-59(63)50-47-44-41-37-18-15-12-9-6-3/h7-8,10-11,16-17,19-20,23-26,28,30,32-35,40,43,56-57,61H,4-6,9,12-15,18,21-22,27,29,31,36-39,41-42,44-55H2,1-3H3,(H,65,66)/b10-7-,11-8-,19-16-,20-17-,25-23-,26-24-,30-28-,34-32-,35-33-,43-40-. The van der Waals surface area contributed by atoms with Crippen molar-refractivity contribution in [2.45, 2.75) is 213 Å². The Bertz CT molecular complexity index is 1670. The van der Waals surface area contributed by atoms with Crippen molar-refractivity contribution in [1.82, 2.24) is 0 Å². The Labute approximate surface area is 437 Å². The van der Waals surface area contributed by atoms with E-state index in [1.165, 1.54) is 32.1 Å². The van der Waals surface area contributed by atoms with E-state index in [1.807, 2.05) is 12.2 Å². The molecule has 0 spiro atoms. The Hall–Kier alpha value is -4.12. The van der Waals surface area contributed by atoms with Gasteiger partial charge in [-0.1, -0.05) is 206 Å². The van der Waals surface area contributed by atoms with Gasteiger partial charge in [-0.05, 0) is 96.3 Å². The van der Waals surface area contributed by atoms with Crippen molar-refractivity contribution >= 4 is 25.7 Å². The number of phosphoric ester groups is 1. The van der Waals surface area contributed by atoms with Crippen molar-refractivity contribution in [3.8, 4) is 0 Å². The predicted molar refractivity (Wildman–Crippen MR) is 297 cm³/mol. The number of hydrogen-bond acceptors (Lipinski definition) is 10. The highest BCUT2D eigenvalue weighted by Gasteiger charge is 2.28. The molecule has 0 fully saturated rings. The molecule has 0 aliphatic carbocycles. The summed E-state index contributed by atoms with van der Waals surface area (Å²) in [6, 6.07) is 0. The normalized spacial score (nSPS) is 14.3. The molecule has 11 nitrogen and oxygen atoms in total. The lowest BCUT2D eigenvalue weighted by molar-refractivity contribution is -0.161. The Morgan fingerprint density at radius 2 is 0.750 bits per heavy atom. The lowest BCUT2D eigenvalue weighted by Gasteiger charge is -2.21. The molecule has 408 valence electrons. The van der Waals surface area contributed by atoms with Crippen LogP contribution >= 0.6 is 7.82 Å². The van der Waals surface area contributed by atoms with Gasteiger partial charge in [-0.25, -0.2) is 4.57 Å². The fourth-order valence-electron chi connectivity index (χ4n) is 6.78. The van der Waals surface area contributed by atoms with Gasteiger partial charge in [0.2, 0.25) is 0 Å². The zero-order valence-corrected chi connectivity index (χ0v) is 45.7. The van der Waals surface area contributed by atoms with E-state index in [0.717, 1.165) is 109 Å². The zero-order chi connectivity index (χ0) is 52.7. The van der Waals surface area contributed by atoms with Crippen LogP contribution in [0, 0.1) is 0 Å². The molecule has 0 aromatic heterocycles. The second kappa shape index (κ2) is 53.2. The maximum Gasteiger partial charge on any atom is 0.472 e. The van der Waals surface area contributed by atoms with Crippen LogP contribution in [0.3, 0.4) is 0 Å². The second-order valence-electron chi connectivity index (χ2n) is 17.6. The minimum absolute atomic E-state index is 0.0899. The van der Waals surface area contributed by atoms with Crippen molar-refractivity contribution < 1.29 is 52.2 Å². The molecule has 0 bridgehead atoms. The van der Waals surface area contributed by atoms with Crippen molar-refractivity contribution in [3.05, 3.63) is 122 Å². The maximum absolute atomic E-state index is 12.9. The first-order valence-corrected chi connectivity index (χ1v) is 28.9. The molecular weight excluding hydrogens is 928 g/mol. The highest BCUT2D eigenvalue weighted by atomic mass is 31.2. The van der Waals surface area contributed by atoms with E-state index in [4.69, 9.17) is 23.3 Å². The molecule has 2 N–H and O–H groups in total. The smallest absolute Gasteiger partial charge is 0.462 e. The number of carbonyl (C=O) groups excluding carboxylic acids is 3. The van der Waals surface area contributed by atoms with E-state index in [9.17, 15) is 28.9 Å². The van der Waals surface area contributed by atoms with Crippen LogP contribution in [0.25, 0.3) is 0 Å². The molecule has 0 saturated carbocycles. The molecule has 0 amide bonds. The van der Waals surface area contributed by atoms with E-state index in [1.54, 1.807) is 0 Å². The second-order valence-corrected chi connectivity index (χ2v) is 19.1. The number of allylic oxidation sites excluding steroid dienone is 20. The third-order valence-corrected chi connectivity index (χ3v) is 11.8. The summed E-state index contributed by atoms with van der Waals surface area (Å²) in [4.78, 5) is 48.3. The summed E-state index contributed by atoms with van der Waals surface area (Å²) in [7, 11) is -4.77. The number of aliphatic hydroxyl groups is 1. The monoisotopic (exact) mass is 1020 g/mol. The van der Waals surface area contributed by atoms with Gasteiger partial charge in [-0.3, -0.25) is 23.4 Å². The molecular formula is C60H97O11P. The first kappa shape index (κ1) is 67.9. The molecule has 0 aromatic carbocycles. The third kappa shape index (κ3) is 50.8. The number of hydrogen-bond donors (Lipinski definition) is 2. The van der Waals surface area contributed by atoms with E-state index < -0.39 is 57.8 Å². The number of esters is 3. The van der Waals surface area contributed by atoms with Gasteiger partial charge in [0.15, 0.2) is 6.10 Å². The van der Waals surface area contributed by atoms with Gasteiger partial charge in [0.05, 0.1) is 19.8 Å². The number of rotatable bonds is 49. The molecule has 0 saturated heterocycles. The molecule has 0 aromatic rings. The van der Waals surface area contributed by atoms with Gasteiger partial charge < -0.3 is 24.2 Å². The quantitative estimate of drug-likeness (QED) is 0.0197. The van der Waals surface area contributed by atoms with Crippen LogP contribution < -0.4 is 0 Å². The molecule has 3 unspecified atom stereocenters. The molecule has 72 heavy (non-hydrogen) atoms. The van der Waals surface area contributed by atoms with Gasteiger partial charge in [0.1, 0.15) is 12.7 Å². The highest BCUT2D eigenvalue weighted by molar-refractivity contribution is 7.47. The lowest BCUT2D eigenvalue weighted by atomic mass is 10.1. The summed E-state index contributed by atoms with van der Waals surface area (Å²) in [5.41, 5.74) is 0. The predicted octanol–water partition coefficient (Wildman–Crippen LogP) is 16.0. The SMILES string of the molecule is CC/C=C\C/C=C\C/C=C\C/C=C\C/C=C\C/C=C\CCC(=O)OCC(COP(=O)(O)OCC(CO)OC(=O)CCCCCCCCCCC)OC(=O)CCCCCC/C=C\C/C=C\C/C=C\C/C=C\CC. The number of carbonyl (C=O) groups is 3. The minimum atomic E-state index is -4.77. The molecule has 0 aliphatic rings. The van der Waals surface area contributed by atoms with E-state index in [2.05, 4.69) is 130 Å². The van der Waals surface area contributed by atoms with Crippen LogP contribution in [0.15, 0.2) is 122 Å². The van der Waals surface area contributed by atoms with Crippen LogP contribution in [0.1, 0.15) is 201 Å². The number of ether oxygens (including phenoxy) is 3. The first-order valence-electron chi connectivity index (χ1n) is 27.4. The summed E-state index contributed by atoms with van der Waals surface area (Å²) >= 11 is 0. The lowest BCUT2D eigenvalue weighted by Crippen LogP contribution is -2.30. The highest BCUT2D eigenvalue weighted by Crippen LogP contribution is 2.43. The van der Waals surface area contributed by atoms with Crippen molar-refractivity contribution in [2.75, 3.05) is 26.4 Å². The van der Waals surface area contributed by atoms with Crippen LogP contribution in [0.4, 0.5) is 0 Å². The van der Waals surface area contributed by atoms with Crippen LogP contribution in [-0.2, 0) is 42.2 Å². The van der Waals surface area contributed by atoms with Gasteiger partial charge in [-0.15, -0.1) is 0 Å². The van der Waals surface area contributed by atoms with Crippen molar-refractivity contribution in [3.63, 3.8) is 0 Å². The Kier molecular flexibility index (Phi) is 50.1. The minimum Gasteiger partial charge on any atom is -0.462 e. The van der Waals surface area contributed by atoms with Gasteiger partial charge in [0, 0.05) is 19.3 Å². The Morgan fingerprint density at radius 3 is 1.17 bits per heavy atom. The number of unbranched alkanes of at least 4 members (excludes halogenated alkanes) is 12. The number of phosphoric acid groups is 1. The largest absolute Gasteiger partial charge is 0.472 e. The molecule has 0 aliphatic heterocycles. The average Bonchev–Trinajstić information content (AvgIpc) is 3.37. The summed E-state index contributed by atoms with van der Waals surface area (Å²) in [6.45, 7) is 4.25. The summed E-state index contributed by atoms with van der Waals surface area (Å²) in [5.74, 6) is -1.61. The fourth-order valence-corrected chi connectivity index (χ4v) is 7.57. The summed E-state index contributed by atoms with van der Waals surface area (Å²) < 4.78 is 39.3. The van der Waals surface area contributed by atoms with E-state index >= 15 is 0 Å². The van der Waals surface area contributed by atoms with Crippen LogP contribution in [-0.4, -0.2) is 66.5 Å². The van der Waals surface area contributed by atoms with Crippen molar-refractivity contribution in [1.29, 1.82) is 0 Å². The van der Waals surface area contributed by atoms with E-state index in [0.29, 0.717) is 19.3 Å². The zero-order valence-electron chi connectivity index (χ0n) is 44.8. The molecule has 0 rings (SSSR count). The summed E-state index contributed by atoms with van der Waals surface area (Å²) in [6.07, 6.45) is 64.7. The van der Waals surface area contributed by atoms with Crippen LogP contribution in [0.5, 0.6) is 0 Å². The number of aliphatic hydroxyl groups excluding tert-OH is 1. The molecule has 3 atom stereocenters. The third-order valence-electron chi connectivity index (χ3n) is 10.9. The Morgan fingerprint density at radius 1 is 0.403 bits per heavy atom. The maximum atomic E-state index is 12.9. The van der Waals surface area contributed by atoms with Gasteiger partial charge >= 0.3 is 25.7 Å². The summed E-state index contributed by atoms with van der Waals surface area (Å²) in [5, 5.41) is 9.76. The topological polar surface area (TPSA) is 155 Å². The fraction of sp³-hybridized carbons (Fsp3) is 0.617. The Balaban J connectivity index is 4.90. The van der Waals surface area contributed by atoms with E-state index in [-0.39, 0.29) is 25.9 Å². The van der Waals surface area contributed by atoms with Crippen molar-refractivity contribution in [2.24, 2.45) is 0 Å². The molecule has 12 heteroatoms. The van der Waals surface area contributed by atoms with Gasteiger partial charge in [-0.2, -0.15) is 0 Å². The van der Waals surface area contributed by atoms with Crippen LogP contribution in [0.2, 0.25) is 0 Å². The van der Waals surface area contributed by atoms with Gasteiger partial charge in [0.25, 0.3) is 0 Å². The average molecular weight is 1030 g/mol. The first-order chi connectivity index (χ1) is 35.2. The molecule has 0 radical (unpaired) electrons.